The zero-order valence-electron chi connectivity index (χ0n) is 13.7. The first-order valence-corrected chi connectivity index (χ1v) is 9.87. The molecule has 0 bridgehead atoms. The number of hydrogen-bond acceptors (Lipinski definition) is 1. The molecule has 0 aromatic carbocycles. The fourth-order valence-corrected chi connectivity index (χ4v) is 6.22. The minimum Gasteiger partial charge on any atom is -0.391 e. The molecular weight excluding hydrogens is 254 g/mol. The standard InChI is InChI=1S/C20H33N/c1-2-8-15(7-1)18-13-21-14-19(16-9-3-4-10-16)20(18)17-11-5-6-12-17/h13,15-17,19-21H,1-12,14H2. The molecule has 1 aliphatic heterocycles. The second-order valence-electron chi connectivity index (χ2n) is 8.31. The van der Waals surface area contributed by atoms with Gasteiger partial charge in [-0.05, 0) is 67.0 Å². The van der Waals surface area contributed by atoms with E-state index in [2.05, 4.69) is 11.5 Å². The summed E-state index contributed by atoms with van der Waals surface area (Å²) in [4.78, 5) is 0. The van der Waals surface area contributed by atoms with E-state index >= 15 is 0 Å². The second-order valence-corrected chi connectivity index (χ2v) is 8.31. The van der Waals surface area contributed by atoms with Crippen molar-refractivity contribution in [1.29, 1.82) is 0 Å². The molecular formula is C20H33N. The van der Waals surface area contributed by atoms with Gasteiger partial charge in [0.25, 0.3) is 0 Å². The molecule has 0 spiro atoms. The summed E-state index contributed by atoms with van der Waals surface area (Å²) in [5.41, 5.74) is 1.88. The van der Waals surface area contributed by atoms with Crippen molar-refractivity contribution in [2.45, 2.75) is 77.0 Å². The predicted octanol–water partition coefficient (Wildman–Crippen LogP) is 5.28. The molecule has 0 amide bonds. The fraction of sp³-hybridized carbons (Fsp3) is 0.900. The summed E-state index contributed by atoms with van der Waals surface area (Å²) in [5.74, 6) is 4.93. The number of nitrogens with one attached hydrogen (secondary N) is 1. The maximum absolute atomic E-state index is 3.73. The van der Waals surface area contributed by atoms with Crippen molar-refractivity contribution in [1.82, 2.24) is 5.32 Å². The molecule has 0 aromatic heterocycles. The van der Waals surface area contributed by atoms with Crippen LogP contribution in [0.25, 0.3) is 0 Å². The molecule has 1 nitrogen and oxygen atoms in total. The second kappa shape index (κ2) is 6.34. The van der Waals surface area contributed by atoms with Gasteiger partial charge in [-0.25, -0.2) is 0 Å². The van der Waals surface area contributed by atoms with Crippen molar-refractivity contribution in [3.05, 3.63) is 11.8 Å². The molecule has 3 fully saturated rings. The van der Waals surface area contributed by atoms with Gasteiger partial charge in [0.1, 0.15) is 0 Å². The third kappa shape index (κ3) is 2.78. The average Bonchev–Trinajstić information content (AvgIpc) is 3.28. The van der Waals surface area contributed by atoms with Crippen LogP contribution in [0.3, 0.4) is 0 Å². The largest absolute Gasteiger partial charge is 0.391 e. The van der Waals surface area contributed by atoms with Crippen LogP contribution in [0.2, 0.25) is 0 Å². The summed E-state index contributed by atoms with van der Waals surface area (Å²) in [6, 6.07) is 0. The number of hydrogen-bond donors (Lipinski definition) is 1. The third-order valence-corrected chi connectivity index (χ3v) is 7.21. The van der Waals surface area contributed by atoms with Crippen LogP contribution in [0.1, 0.15) is 77.0 Å². The maximum Gasteiger partial charge on any atom is 0.0178 e. The molecule has 118 valence electrons. The summed E-state index contributed by atoms with van der Waals surface area (Å²) < 4.78 is 0. The topological polar surface area (TPSA) is 12.0 Å². The first-order chi connectivity index (χ1) is 10.4. The van der Waals surface area contributed by atoms with Crippen LogP contribution in [0.4, 0.5) is 0 Å². The SMILES string of the molecule is C1=C(C2CCCC2)C(C2CCCC2)C(C2CCCC2)CN1. The normalized spacial score (nSPS) is 36.1. The van der Waals surface area contributed by atoms with Gasteiger partial charge in [0.2, 0.25) is 0 Å². The molecule has 3 aliphatic carbocycles. The van der Waals surface area contributed by atoms with Gasteiger partial charge < -0.3 is 5.32 Å². The van der Waals surface area contributed by atoms with Crippen molar-refractivity contribution in [3.63, 3.8) is 0 Å². The van der Waals surface area contributed by atoms with Gasteiger partial charge in [0.15, 0.2) is 0 Å². The zero-order valence-corrected chi connectivity index (χ0v) is 13.7. The van der Waals surface area contributed by atoms with Crippen molar-refractivity contribution in [3.8, 4) is 0 Å². The van der Waals surface area contributed by atoms with Gasteiger partial charge in [0.05, 0.1) is 0 Å². The Hall–Kier alpha value is -0.460. The first kappa shape index (κ1) is 14.2. The Kier molecular flexibility index (Phi) is 4.27. The predicted molar refractivity (Wildman–Crippen MR) is 88.9 cm³/mol. The van der Waals surface area contributed by atoms with Crippen LogP contribution in [-0.4, -0.2) is 6.54 Å². The summed E-state index contributed by atoms with van der Waals surface area (Å²) in [6.45, 7) is 1.28. The van der Waals surface area contributed by atoms with Crippen LogP contribution >= 0.6 is 0 Å². The summed E-state index contributed by atoms with van der Waals surface area (Å²) in [7, 11) is 0. The lowest BCUT2D eigenvalue weighted by atomic mass is 9.66. The number of allylic oxidation sites excluding steroid dienone is 1. The quantitative estimate of drug-likeness (QED) is 0.745. The van der Waals surface area contributed by atoms with E-state index in [-0.39, 0.29) is 0 Å². The van der Waals surface area contributed by atoms with Crippen LogP contribution < -0.4 is 5.32 Å². The van der Waals surface area contributed by atoms with E-state index in [1.807, 2.05) is 5.57 Å². The highest BCUT2D eigenvalue weighted by atomic mass is 14.9. The molecule has 0 aromatic rings. The lowest BCUT2D eigenvalue weighted by molar-refractivity contribution is 0.168. The van der Waals surface area contributed by atoms with Gasteiger partial charge >= 0.3 is 0 Å². The van der Waals surface area contributed by atoms with Crippen LogP contribution in [0.5, 0.6) is 0 Å². The van der Waals surface area contributed by atoms with Gasteiger partial charge in [0, 0.05) is 6.54 Å². The Morgan fingerprint density at radius 3 is 1.95 bits per heavy atom. The third-order valence-electron chi connectivity index (χ3n) is 7.21. The van der Waals surface area contributed by atoms with E-state index in [1.54, 1.807) is 0 Å². The Morgan fingerprint density at radius 1 is 0.714 bits per heavy atom. The maximum atomic E-state index is 3.73. The van der Waals surface area contributed by atoms with E-state index in [0.717, 1.165) is 29.6 Å². The highest BCUT2D eigenvalue weighted by molar-refractivity contribution is 5.18. The van der Waals surface area contributed by atoms with E-state index in [9.17, 15) is 0 Å². The Morgan fingerprint density at radius 2 is 1.29 bits per heavy atom. The van der Waals surface area contributed by atoms with Gasteiger partial charge in [-0.2, -0.15) is 0 Å². The zero-order chi connectivity index (χ0) is 14.1. The van der Waals surface area contributed by atoms with Gasteiger partial charge in [-0.15, -0.1) is 0 Å². The van der Waals surface area contributed by atoms with Crippen molar-refractivity contribution < 1.29 is 0 Å². The molecule has 2 unspecified atom stereocenters. The fourth-order valence-electron chi connectivity index (χ4n) is 6.22. The minimum absolute atomic E-state index is 0.937. The molecule has 0 saturated heterocycles. The highest BCUT2D eigenvalue weighted by Gasteiger charge is 2.42. The van der Waals surface area contributed by atoms with Crippen molar-refractivity contribution >= 4 is 0 Å². The monoisotopic (exact) mass is 287 g/mol. The molecule has 21 heavy (non-hydrogen) atoms. The average molecular weight is 287 g/mol. The highest BCUT2D eigenvalue weighted by Crippen LogP contribution is 2.50. The molecule has 1 heteroatoms. The lowest BCUT2D eigenvalue weighted by Gasteiger charge is -2.42. The van der Waals surface area contributed by atoms with E-state index in [4.69, 9.17) is 0 Å². The molecule has 3 saturated carbocycles. The molecule has 2 atom stereocenters. The van der Waals surface area contributed by atoms with E-state index in [0.29, 0.717) is 0 Å². The Labute approximate surface area is 131 Å². The molecule has 1 heterocycles. The van der Waals surface area contributed by atoms with Crippen LogP contribution in [-0.2, 0) is 0 Å². The summed E-state index contributed by atoms with van der Waals surface area (Å²) in [6.07, 6.45) is 20.5. The molecule has 0 radical (unpaired) electrons. The molecule has 4 rings (SSSR count). The molecule has 1 N–H and O–H groups in total. The van der Waals surface area contributed by atoms with E-state index in [1.165, 1.54) is 83.6 Å². The Bertz CT molecular complexity index is 367. The van der Waals surface area contributed by atoms with Crippen LogP contribution in [0, 0.1) is 29.6 Å². The molecule has 4 aliphatic rings. The minimum atomic E-state index is 0.937. The lowest BCUT2D eigenvalue weighted by Crippen LogP contribution is -2.41. The van der Waals surface area contributed by atoms with Gasteiger partial charge in [-0.3, -0.25) is 0 Å². The van der Waals surface area contributed by atoms with Crippen molar-refractivity contribution in [2.24, 2.45) is 29.6 Å². The van der Waals surface area contributed by atoms with Crippen molar-refractivity contribution in [2.75, 3.05) is 6.54 Å². The van der Waals surface area contributed by atoms with E-state index < -0.39 is 0 Å². The number of rotatable bonds is 3. The smallest absolute Gasteiger partial charge is 0.0178 e. The summed E-state index contributed by atoms with van der Waals surface area (Å²) >= 11 is 0. The Balaban J connectivity index is 1.59. The first-order valence-electron chi connectivity index (χ1n) is 9.87. The van der Waals surface area contributed by atoms with Gasteiger partial charge in [-0.1, -0.05) is 51.4 Å². The van der Waals surface area contributed by atoms with Crippen LogP contribution in [0.15, 0.2) is 11.8 Å². The summed E-state index contributed by atoms with van der Waals surface area (Å²) in [5, 5.41) is 3.73.